The van der Waals surface area contributed by atoms with Gasteiger partial charge in [-0.15, -0.1) is 11.8 Å². The average Bonchev–Trinajstić information content (AvgIpc) is 2.62. The van der Waals surface area contributed by atoms with Crippen molar-refractivity contribution in [2.45, 2.75) is 23.2 Å². The smallest absolute Gasteiger partial charge is 0.418 e. The molecule has 0 spiro atoms. The van der Waals surface area contributed by atoms with E-state index < -0.39 is 22.9 Å². The number of carbonyl (C=O) groups is 1. The second kappa shape index (κ2) is 7.90. The van der Waals surface area contributed by atoms with Crippen LogP contribution in [0.4, 0.5) is 18.9 Å². The maximum atomic E-state index is 13.1. The Bertz CT molecular complexity index is 860. The zero-order chi connectivity index (χ0) is 19.6. The lowest BCUT2D eigenvalue weighted by Gasteiger charge is -2.20. The molecular weight excluding hydrogens is 403 g/mol. The molecule has 1 unspecified atom stereocenters. The summed E-state index contributed by atoms with van der Waals surface area (Å²) < 4.78 is 50.4. The van der Waals surface area contributed by atoms with E-state index in [9.17, 15) is 18.0 Å². The van der Waals surface area contributed by atoms with Crippen molar-refractivity contribution in [1.29, 1.82) is 0 Å². The number of fused-ring (bicyclic) bond motifs is 1. The predicted molar refractivity (Wildman–Crippen MR) is 97.8 cm³/mol. The van der Waals surface area contributed by atoms with Crippen LogP contribution in [0.3, 0.4) is 0 Å². The lowest BCUT2D eigenvalue weighted by Crippen LogP contribution is -2.24. The minimum Gasteiger partial charge on any atom is -0.486 e. The molecule has 0 saturated heterocycles. The van der Waals surface area contributed by atoms with Crippen LogP contribution < -0.4 is 14.8 Å². The van der Waals surface area contributed by atoms with E-state index in [1.807, 2.05) is 0 Å². The van der Waals surface area contributed by atoms with Crippen LogP contribution in [0.2, 0.25) is 5.02 Å². The number of hydrogen-bond acceptors (Lipinski definition) is 4. The van der Waals surface area contributed by atoms with E-state index in [4.69, 9.17) is 21.1 Å². The number of hydrogen-bond donors (Lipinski definition) is 1. The molecule has 3 rings (SSSR count). The van der Waals surface area contributed by atoms with Gasteiger partial charge in [0.15, 0.2) is 11.5 Å². The largest absolute Gasteiger partial charge is 0.486 e. The Morgan fingerprint density at radius 1 is 1.15 bits per heavy atom. The molecule has 4 nitrogen and oxygen atoms in total. The van der Waals surface area contributed by atoms with Gasteiger partial charge in [-0.2, -0.15) is 13.2 Å². The van der Waals surface area contributed by atoms with Crippen LogP contribution in [0.1, 0.15) is 12.5 Å². The zero-order valence-electron chi connectivity index (χ0n) is 14.1. The number of nitrogens with one attached hydrogen (secondary N) is 1. The maximum absolute atomic E-state index is 13.1. The van der Waals surface area contributed by atoms with Gasteiger partial charge in [0.25, 0.3) is 0 Å². The Kier molecular flexibility index (Phi) is 5.76. The highest BCUT2D eigenvalue weighted by Gasteiger charge is 2.34. The number of rotatable bonds is 4. The number of alkyl halides is 3. The molecule has 0 aromatic heterocycles. The second-order valence-electron chi connectivity index (χ2n) is 5.74. The number of thioether (sulfide) groups is 1. The summed E-state index contributed by atoms with van der Waals surface area (Å²) in [7, 11) is 0. The quantitative estimate of drug-likeness (QED) is 0.690. The Labute approximate surface area is 163 Å². The van der Waals surface area contributed by atoms with Crippen LogP contribution in [0.15, 0.2) is 41.3 Å². The fourth-order valence-corrected chi connectivity index (χ4v) is 3.52. The fourth-order valence-electron chi connectivity index (χ4n) is 2.45. The van der Waals surface area contributed by atoms with Crippen molar-refractivity contribution in [3.8, 4) is 11.5 Å². The third-order valence-electron chi connectivity index (χ3n) is 3.74. The van der Waals surface area contributed by atoms with Crippen molar-refractivity contribution in [2.24, 2.45) is 0 Å². The highest BCUT2D eigenvalue weighted by atomic mass is 35.5. The molecule has 1 N–H and O–H groups in total. The van der Waals surface area contributed by atoms with Crippen LogP contribution in [-0.4, -0.2) is 24.4 Å². The summed E-state index contributed by atoms with van der Waals surface area (Å²) in [4.78, 5) is 13.1. The first-order valence-electron chi connectivity index (χ1n) is 7.98. The molecule has 0 saturated carbocycles. The molecule has 1 amide bonds. The molecule has 0 bridgehead atoms. The van der Waals surface area contributed by atoms with E-state index in [2.05, 4.69) is 5.32 Å². The molecule has 2 aromatic rings. The van der Waals surface area contributed by atoms with Crippen molar-refractivity contribution in [1.82, 2.24) is 0 Å². The lowest BCUT2D eigenvalue weighted by molar-refractivity contribution is -0.137. The number of anilines is 1. The summed E-state index contributed by atoms with van der Waals surface area (Å²) >= 11 is 6.85. The topological polar surface area (TPSA) is 47.6 Å². The van der Waals surface area contributed by atoms with Gasteiger partial charge in [0.05, 0.1) is 16.5 Å². The third kappa shape index (κ3) is 4.81. The molecule has 27 heavy (non-hydrogen) atoms. The molecule has 0 fully saturated rings. The van der Waals surface area contributed by atoms with Gasteiger partial charge in [-0.05, 0) is 43.3 Å². The molecule has 0 radical (unpaired) electrons. The van der Waals surface area contributed by atoms with Crippen LogP contribution >= 0.6 is 23.4 Å². The standard InChI is InChI=1S/C18H15ClF3NO3S/c1-10(27-12-3-5-15-16(9-12)26-7-6-25-15)17(24)23-14-4-2-11(19)8-13(14)18(20,21)22/h2-5,8-10H,6-7H2,1H3,(H,23,24). The normalized spacial score (nSPS) is 14.6. The van der Waals surface area contributed by atoms with Gasteiger partial charge in [-0.3, -0.25) is 4.79 Å². The van der Waals surface area contributed by atoms with Crippen molar-refractivity contribution < 1.29 is 27.4 Å². The first-order valence-corrected chi connectivity index (χ1v) is 9.24. The summed E-state index contributed by atoms with van der Waals surface area (Å²) in [6.07, 6.45) is -4.63. The van der Waals surface area contributed by atoms with Gasteiger partial charge >= 0.3 is 6.18 Å². The SMILES string of the molecule is CC(Sc1ccc2c(c1)OCCO2)C(=O)Nc1ccc(Cl)cc1C(F)(F)F. The van der Waals surface area contributed by atoms with Crippen LogP contribution in [0.5, 0.6) is 11.5 Å². The Morgan fingerprint density at radius 3 is 2.56 bits per heavy atom. The van der Waals surface area contributed by atoms with Gasteiger partial charge in [0.1, 0.15) is 13.2 Å². The molecule has 1 aliphatic rings. The van der Waals surface area contributed by atoms with E-state index in [0.29, 0.717) is 24.7 Å². The predicted octanol–water partition coefficient (Wildman–Crippen LogP) is 5.25. The van der Waals surface area contributed by atoms with E-state index in [1.165, 1.54) is 17.8 Å². The molecule has 2 aromatic carbocycles. The number of amides is 1. The van der Waals surface area contributed by atoms with Crippen LogP contribution in [0, 0.1) is 0 Å². The summed E-state index contributed by atoms with van der Waals surface area (Å²) in [5.74, 6) is 0.650. The van der Waals surface area contributed by atoms with Gasteiger partial charge < -0.3 is 14.8 Å². The number of benzene rings is 2. The van der Waals surface area contributed by atoms with E-state index in [1.54, 1.807) is 25.1 Å². The average molecular weight is 418 g/mol. The maximum Gasteiger partial charge on any atom is 0.418 e. The van der Waals surface area contributed by atoms with Crippen molar-refractivity contribution >= 4 is 35.0 Å². The highest BCUT2D eigenvalue weighted by Crippen LogP contribution is 2.38. The Balaban J connectivity index is 1.72. The first-order chi connectivity index (χ1) is 12.7. The number of ether oxygens (including phenoxy) is 2. The van der Waals surface area contributed by atoms with Gasteiger partial charge in [0.2, 0.25) is 5.91 Å². The van der Waals surface area contributed by atoms with Crippen LogP contribution in [0.25, 0.3) is 0 Å². The summed E-state index contributed by atoms with van der Waals surface area (Å²) in [5, 5.41) is 1.64. The van der Waals surface area contributed by atoms with Crippen LogP contribution in [-0.2, 0) is 11.0 Å². The van der Waals surface area contributed by atoms with E-state index in [0.717, 1.165) is 17.0 Å². The lowest BCUT2D eigenvalue weighted by atomic mass is 10.1. The van der Waals surface area contributed by atoms with Crippen molar-refractivity contribution in [2.75, 3.05) is 18.5 Å². The molecular formula is C18H15ClF3NO3S. The zero-order valence-corrected chi connectivity index (χ0v) is 15.7. The molecule has 1 aliphatic heterocycles. The van der Waals surface area contributed by atoms with E-state index in [-0.39, 0.29) is 10.7 Å². The summed E-state index contributed by atoms with van der Waals surface area (Å²) in [5.41, 5.74) is -1.31. The Morgan fingerprint density at radius 2 is 1.85 bits per heavy atom. The summed E-state index contributed by atoms with van der Waals surface area (Å²) in [6, 6.07) is 8.48. The minimum atomic E-state index is -4.63. The molecule has 9 heteroatoms. The number of halogens is 4. The summed E-state index contributed by atoms with van der Waals surface area (Å²) in [6.45, 7) is 2.52. The van der Waals surface area contributed by atoms with Gasteiger partial charge in [-0.25, -0.2) is 0 Å². The van der Waals surface area contributed by atoms with Crippen molar-refractivity contribution in [3.63, 3.8) is 0 Å². The fraction of sp³-hybridized carbons (Fsp3) is 0.278. The molecule has 1 heterocycles. The molecule has 0 aliphatic carbocycles. The number of carbonyl (C=O) groups excluding carboxylic acids is 1. The van der Waals surface area contributed by atoms with Gasteiger partial charge in [0, 0.05) is 9.92 Å². The second-order valence-corrected chi connectivity index (χ2v) is 7.59. The minimum absolute atomic E-state index is 0.0565. The van der Waals surface area contributed by atoms with E-state index >= 15 is 0 Å². The third-order valence-corrected chi connectivity index (χ3v) is 5.07. The molecule has 144 valence electrons. The Hall–Kier alpha value is -2.06. The van der Waals surface area contributed by atoms with Gasteiger partial charge in [-0.1, -0.05) is 11.6 Å². The molecule has 1 atom stereocenters. The first kappa shape index (κ1) is 19.7. The van der Waals surface area contributed by atoms with Crippen molar-refractivity contribution in [3.05, 3.63) is 47.0 Å². The monoisotopic (exact) mass is 417 g/mol. The highest BCUT2D eigenvalue weighted by molar-refractivity contribution is 8.00.